The topological polar surface area (TPSA) is 75.3 Å². The Labute approximate surface area is 174 Å². The normalized spacial score (nSPS) is 15.3. The van der Waals surface area contributed by atoms with E-state index in [1.807, 2.05) is 18.5 Å². The number of aryl methyl sites for hydroxylation is 2. The third kappa shape index (κ3) is 5.32. The first-order valence-corrected chi connectivity index (χ1v) is 10.5. The Morgan fingerprint density at radius 2 is 1.90 bits per heavy atom. The van der Waals surface area contributed by atoms with E-state index in [1.54, 1.807) is 4.90 Å². The molecule has 156 valence electrons. The number of likely N-dealkylation sites (tertiary alicyclic amines) is 1. The lowest BCUT2D eigenvalue weighted by molar-refractivity contribution is 0.105. The van der Waals surface area contributed by atoms with Gasteiger partial charge in [-0.1, -0.05) is 26.0 Å². The first-order valence-electron chi connectivity index (χ1n) is 10.5. The molecule has 1 aliphatic rings. The summed E-state index contributed by atoms with van der Waals surface area (Å²) in [6.45, 7) is 11.6. The molecule has 6 nitrogen and oxygen atoms in total. The number of primary amides is 1. The van der Waals surface area contributed by atoms with Crippen LogP contribution >= 0.6 is 0 Å². The number of nitrogens with zero attached hydrogens (tertiary/aromatic N) is 4. The Morgan fingerprint density at radius 1 is 1.21 bits per heavy atom. The second-order valence-corrected chi connectivity index (χ2v) is 8.43. The van der Waals surface area contributed by atoms with Crippen LogP contribution < -0.4 is 5.73 Å². The third-order valence-corrected chi connectivity index (χ3v) is 5.87. The van der Waals surface area contributed by atoms with Crippen molar-refractivity contribution in [3.8, 4) is 0 Å². The van der Waals surface area contributed by atoms with Gasteiger partial charge in [-0.3, -0.25) is 14.9 Å². The highest BCUT2D eigenvalue weighted by Gasteiger charge is 2.27. The molecule has 2 aromatic heterocycles. The minimum absolute atomic E-state index is 0.321. The van der Waals surface area contributed by atoms with Crippen molar-refractivity contribution in [2.24, 2.45) is 5.73 Å². The molecule has 0 bridgehead atoms. The zero-order chi connectivity index (χ0) is 21.0. The number of carbonyl (C=O) groups excluding carboxylic acids is 1. The number of hydrogen-bond acceptors (Lipinski definition) is 4. The molecule has 2 amide bonds. The van der Waals surface area contributed by atoms with Gasteiger partial charge in [0.25, 0.3) is 0 Å². The van der Waals surface area contributed by atoms with Crippen molar-refractivity contribution in [1.29, 1.82) is 0 Å². The molecule has 2 aromatic rings. The van der Waals surface area contributed by atoms with Gasteiger partial charge >= 0.3 is 6.03 Å². The summed E-state index contributed by atoms with van der Waals surface area (Å²) in [7, 11) is 0. The van der Waals surface area contributed by atoms with Crippen molar-refractivity contribution in [2.45, 2.75) is 65.6 Å². The van der Waals surface area contributed by atoms with Crippen molar-refractivity contribution in [1.82, 2.24) is 19.8 Å². The third-order valence-electron chi connectivity index (χ3n) is 5.87. The van der Waals surface area contributed by atoms with Gasteiger partial charge in [-0.25, -0.2) is 4.79 Å². The van der Waals surface area contributed by atoms with Crippen LogP contribution in [-0.4, -0.2) is 44.9 Å². The molecule has 2 N–H and O–H groups in total. The minimum atomic E-state index is -0.321. The Bertz CT molecular complexity index is 843. The lowest BCUT2D eigenvalue weighted by Crippen LogP contribution is -2.48. The largest absolute Gasteiger partial charge is 0.351 e. The van der Waals surface area contributed by atoms with Crippen LogP contribution in [0, 0.1) is 13.8 Å². The number of aromatic nitrogens is 2. The molecule has 3 heterocycles. The predicted molar refractivity (Wildman–Crippen MR) is 115 cm³/mol. The molecule has 6 heteroatoms. The first kappa shape index (κ1) is 21.2. The lowest BCUT2D eigenvalue weighted by atomic mass is 9.98. The maximum atomic E-state index is 11.5. The highest BCUT2D eigenvalue weighted by molar-refractivity contribution is 5.72. The number of piperidine rings is 1. The molecule has 1 fully saturated rings. The standard InChI is InChI=1S/C23H33N5O/c1-16(2)20-6-5-9-25-22(20)15-28(14-21-18(4)12-17(3)13-26-21)19-7-10-27(11-8-19)23(24)29/h5-6,9,12-13,16,19H,7-8,10-11,14-15H2,1-4H3,(H2,24,29). The molecular formula is C23H33N5O. The van der Waals surface area contributed by atoms with Gasteiger partial charge in [0.05, 0.1) is 11.4 Å². The van der Waals surface area contributed by atoms with Crippen LogP contribution in [0.25, 0.3) is 0 Å². The maximum absolute atomic E-state index is 11.5. The number of amides is 2. The zero-order valence-electron chi connectivity index (χ0n) is 18.1. The fourth-order valence-corrected chi connectivity index (χ4v) is 4.17. The van der Waals surface area contributed by atoms with E-state index in [0.29, 0.717) is 25.0 Å². The molecule has 0 saturated carbocycles. The Balaban J connectivity index is 1.84. The molecule has 0 atom stereocenters. The fraction of sp³-hybridized carbons (Fsp3) is 0.522. The van der Waals surface area contributed by atoms with Gasteiger partial charge in [0.2, 0.25) is 0 Å². The Kier molecular flexibility index (Phi) is 6.85. The number of pyridine rings is 2. The highest BCUT2D eigenvalue weighted by atomic mass is 16.2. The summed E-state index contributed by atoms with van der Waals surface area (Å²) < 4.78 is 0. The van der Waals surface area contributed by atoms with Gasteiger partial charge in [-0.05, 0) is 55.4 Å². The van der Waals surface area contributed by atoms with E-state index < -0.39 is 0 Å². The minimum Gasteiger partial charge on any atom is -0.351 e. The Morgan fingerprint density at radius 3 is 2.52 bits per heavy atom. The van der Waals surface area contributed by atoms with Gasteiger partial charge in [-0.15, -0.1) is 0 Å². The van der Waals surface area contributed by atoms with E-state index in [4.69, 9.17) is 15.7 Å². The average molecular weight is 396 g/mol. The SMILES string of the molecule is Cc1cnc(CN(Cc2ncccc2C(C)C)C2CCN(C(N)=O)CC2)c(C)c1. The molecular weight excluding hydrogens is 362 g/mol. The molecule has 29 heavy (non-hydrogen) atoms. The molecule has 0 aliphatic carbocycles. The predicted octanol–water partition coefficient (Wildman–Crippen LogP) is 3.76. The van der Waals surface area contributed by atoms with Crippen LogP contribution in [0.15, 0.2) is 30.6 Å². The second kappa shape index (κ2) is 9.35. The summed E-state index contributed by atoms with van der Waals surface area (Å²) >= 11 is 0. The average Bonchev–Trinajstić information content (AvgIpc) is 2.69. The van der Waals surface area contributed by atoms with Crippen LogP contribution in [0.5, 0.6) is 0 Å². The summed E-state index contributed by atoms with van der Waals surface area (Å²) in [5, 5.41) is 0. The van der Waals surface area contributed by atoms with Crippen LogP contribution in [0.1, 0.15) is 60.7 Å². The van der Waals surface area contributed by atoms with Crippen LogP contribution in [0.3, 0.4) is 0 Å². The number of nitrogens with two attached hydrogens (primary N) is 1. The molecule has 1 saturated heterocycles. The number of carbonyl (C=O) groups is 1. The van der Waals surface area contributed by atoms with Crippen molar-refractivity contribution in [3.63, 3.8) is 0 Å². The van der Waals surface area contributed by atoms with E-state index in [-0.39, 0.29) is 6.03 Å². The summed E-state index contributed by atoms with van der Waals surface area (Å²) in [6.07, 6.45) is 5.65. The summed E-state index contributed by atoms with van der Waals surface area (Å²) in [6, 6.07) is 6.43. The maximum Gasteiger partial charge on any atom is 0.314 e. The van der Waals surface area contributed by atoms with Crippen molar-refractivity contribution in [3.05, 3.63) is 58.7 Å². The van der Waals surface area contributed by atoms with Crippen LogP contribution in [-0.2, 0) is 13.1 Å². The molecule has 0 radical (unpaired) electrons. The first-order chi connectivity index (χ1) is 13.8. The van der Waals surface area contributed by atoms with E-state index in [2.05, 4.69) is 44.7 Å². The smallest absolute Gasteiger partial charge is 0.314 e. The van der Waals surface area contributed by atoms with Crippen LogP contribution in [0.4, 0.5) is 4.79 Å². The van der Waals surface area contributed by atoms with Gasteiger partial charge in [0.1, 0.15) is 0 Å². The van der Waals surface area contributed by atoms with Gasteiger partial charge in [-0.2, -0.15) is 0 Å². The van der Waals surface area contributed by atoms with E-state index >= 15 is 0 Å². The number of urea groups is 1. The Hall–Kier alpha value is -2.47. The number of rotatable bonds is 6. The van der Waals surface area contributed by atoms with Crippen molar-refractivity contribution >= 4 is 6.03 Å². The monoisotopic (exact) mass is 395 g/mol. The molecule has 1 aliphatic heterocycles. The van der Waals surface area contributed by atoms with Gasteiger partial charge in [0, 0.05) is 44.6 Å². The molecule has 3 rings (SSSR count). The summed E-state index contributed by atoms with van der Waals surface area (Å²) in [5.41, 5.74) is 11.4. The van der Waals surface area contributed by atoms with E-state index in [0.717, 1.165) is 37.3 Å². The molecule has 0 aromatic carbocycles. The van der Waals surface area contributed by atoms with Crippen molar-refractivity contribution in [2.75, 3.05) is 13.1 Å². The highest BCUT2D eigenvalue weighted by Crippen LogP contribution is 2.25. The van der Waals surface area contributed by atoms with E-state index in [9.17, 15) is 4.79 Å². The van der Waals surface area contributed by atoms with Gasteiger partial charge in [0.15, 0.2) is 0 Å². The summed E-state index contributed by atoms with van der Waals surface area (Å²) in [4.78, 5) is 25.2. The second-order valence-electron chi connectivity index (χ2n) is 8.43. The van der Waals surface area contributed by atoms with E-state index in [1.165, 1.54) is 16.7 Å². The van der Waals surface area contributed by atoms with Crippen LogP contribution in [0.2, 0.25) is 0 Å². The molecule has 0 unspecified atom stereocenters. The zero-order valence-corrected chi connectivity index (χ0v) is 18.1. The molecule has 0 spiro atoms. The van der Waals surface area contributed by atoms with Crippen molar-refractivity contribution < 1.29 is 4.79 Å². The van der Waals surface area contributed by atoms with Gasteiger partial charge < -0.3 is 10.6 Å². The quantitative estimate of drug-likeness (QED) is 0.808. The summed E-state index contributed by atoms with van der Waals surface area (Å²) in [5.74, 6) is 0.427. The number of hydrogen-bond donors (Lipinski definition) is 1. The fourth-order valence-electron chi connectivity index (χ4n) is 4.17. The lowest BCUT2D eigenvalue weighted by Gasteiger charge is -2.38.